The number of halogens is 2. The van der Waals surface area contributed by atoms with Crippen LogP contribution in [0.2, 0.25) is 10.0 Å². The van der Waals surface area contributed by atoms with E-state index in [-0.39, 0.29) is 0 Å². The third-order valence-electron chi connectivity index (χ3n) is 3.94. The van der Waals surface area contributed by atoms with Gasteiger partial charge < -0.3 is 14.6 Å². The Hall–Kier alpha value is -1.26. The maximum atomic E-state index is 13.4. The van der Waals surface area contributed by atoms with Gasteiger partial charge in [-0.1, -0.05) is 48.3 Å². The predicted octanol–water partition coefficient (Wildman–Crippen LogP) is 5.56. The van der Waals surface area contributed by atoms with Gasteiger partial charge in [0.05, 0.1) is 18.1 Å². The van der Waals surface area contributed by atoms with Crippen molar-refractivity contribution in [3.8, 4) is 11.5 Å². The van der Waals surface area contributed by atoms with Crippen LogP contribution in [0.1, 0.15) is 18.9 Å². The second kappa shape index (κ2) is 6.09. The van der Waals surface area contributed by atoms with Crippen molar-refractivity contribution in [2.75, 3.05) is 13.1 Å². The van der Waals surface area contributed by atoms with Gasteiger partial charge in [-0.15, -0.1) is 0 Å². The van der Waals surface area contributed by atoms with Crippen molar-refractivity contribution in [2.45, 2.75) is 19.8 Å². The molecule has 3 nitrogen and oxygen atoms in total. The number of para-hydroxylation sites is 1. The minimum Gasteiger partial charge on any atom is -0.627 e. The van der Waals surface area contributed by atoms with E-state index in [0.29, 0.717) is 41.0 Å². The average molecular weight is 338 g/mol. The molecule has 0 amide bonds. The minimum atomic E-state index is -0.472. The predicted molar refractivity (Wildman–Crippen MR) is 91.9 cm³/mol. The third kappa shape index (κ3) is 2.82. The van der Waals surface area contributed by atoms with Crippen molar-refractivity contribution in [3.05, 3.63) is 57.2 Å². The van der Waals surface area contributed by atoms with Crippen LogP contribution in [0.3, 0.4) is 0 Å². The van der Waals surface area contributed by atoms with Crippen LogP contribution in [0.25, 0.3) is 0 Å². The van der Waals surface area contributed by atoms with Gasteiger partial charge in [-0.05, 0) is 18.6 Å². The number of hydrogen-bond donors (Lipinski definition) is 0. The fourth-order valence-corrected chi connectivity index (χ4v) is 3.41. The Balaban J connectivity index is 2.19. The second-order valence-corrected chi connectivity index (χ2v) is 6.38. The Morgan fingerprint density at radius 2 is 2.00 bits per heavy atom. The molecule has 1 aliphatic rings. The summed E-state index contributed by atoms with van der Waals surface area (Å²) >= 11 is 12.4. The molecule has 0 saturated carbocycles. The van der Waals surface area contributed by atoms with Gasteiger partial charge in [0, 0.05) is 23.1 Å². The van der Waals surface area contributed by atoms with Crippen molar-refractivity contribution in [1.82, 2.24) is 4.65 Å². The van der Waals surface area contributed by atoms with E-state index in [1.165, 1.54) is 0 Å². The quantitative estimate of drug-likeness (QED) is 0.531. The van der Waals surface area contributed by atoms with Gasteiger partial charge in [0.25, 0.3) is 0 Å². The fourth-order valence-electron chi connectivity index (χ4n) is 2.89. The van der Waals surface area contributed by atoms with Crippen molar-refractivity contribution < 1.29 is 4.74 Å². The summed E-state index contributed by atoms with van der Waals surface area (Å²) in [5.74, 6) is 1.16. The molecule has 0 saturated heterocycles. The van der Waals surface area contributed by atoms with E-state index >= 15 is 0 Å². The summed E-state index contributed by atoms with van der Waals surface area (Å²) in [6.45, 7) is 2.91. The molecule has 2 aromatic carbocycles. The Bertz CT molecular complexity index is 705. The summed E-state index contributed by atoms with van der Waals surface area (Å²) in [4.78, 5) is 0. The minimum absolute atomic E-state index is 0.369. The Labute approximate surface area is 140 Å². The summed E-state index contributed by atoms with van der Waals surface area (Å²) in [5.41, 5.74) is 1.53. The number of nitrogens with zero attached hydrogens (tertiary/aromatic N) is 1. The van der Waals surface area contributed by atoms with Crippen molar-refractivity contribution in [2.24, 2.45) is 0 Å². The number of rotatable bonds is 2. The summed E-state index contributed by atoms with van der Waals surface area (Å²) in [6, 6.07) is 11.0. The molecule has 2 aromatic rings. The maximum Gasteiger partial charge on any atom is 0.206 e. The molecule has 0 fully saturated rings. The highest BCUT2D eigenvalue weighted by molar-refractivity contribution is 6.36. The number of ether oxygens (including phenoxy) is 1. The summed E-state index contributed by atoms with van der Waals surface area (Å²) in [6.07, 6.45) is 1.43. The lowest BCUT2D eigenvalue weighted by molar-refractivity contribution is 0.345. The molecule has 0 bridgehead atoms. The standard InChI is InChI=1S/C17H17Cl2NO2/c1-2-8-20(21)9-7-12-5-3-4-6-16(12)22-17-14(19)10-13(18)11-15(17)20/h3-6,10-11H,2,7-9H2,1H3. The lowest BCUT2D eigenvalue weighted by atomic mass is 10.1. The van der Waals surface area contributed by atoms with Gasteiger partial charge in [-0.3, -0.25) is 0 Å². The first-order valence-corrected chi connectivity index (χ1v) is 8.12. The van der Waals surface area contributed by atoms with Crippen LogP contribution in [-0.2, 0) is 6.42 Å². The van der Waals surface area contributed by atoms with Gasteiger partial charge in [-0.2, -0.15) is 0 Å². The van der Waals surface area contributed by atoms with Crippen molar-refractivity contribution in [1.29, 1.82) is 0 Å². The van der Waals surface area contributed by atoms with E-state index in [1.807, 2.05) is 31.2 Å². The van der Waals surface area contributed by atoms with Crippen LogP contribution >= 0.6 is 23.2 Å². The maximum absolute atomic E-state index is 13.4. The highest BCUT2D eigenvalue weighted by atomic mass is 35.5. The molecule has 0 N–H and O–H groups in total. The van der Waals surface area contributed by atoms with Crippen molar-refractivity contribution >= 4 is 28.9 Å². The van der Waals surface area contributed by atoms with Gasteiger partial charge in [0.15, 0.2) is 5.69 Å². The lowest BCUT2D eigenvalue weighted by Gasteiger charge is -2.44. The largest absolute Gasteiger partial charge is 0.627 e. The highest BCUT2D eigenvalue weighted by Gasteiger charge is 2.30. The molecule has 1 atom stereocenters. The molecule has 1 aliphatic heterocycles. The molecule has 22 heavy (non-hydrogen) atoms. The van der Waals surface area contributed by atoms with Gasteiger partial charge in [0.1, 0.15) is 5.75 Å². The molecule has 0 spiro atoms. The molecular weight excluding hydrogens is 321 g/mol. The molecule has 5 heteroatoms. The summed E-state index contributed by atoms with van der Waals surface area (Å²) in [7, 11) is 0. The molecule has 0 radical (unpaired) electrons. The van der Waals surface area contributed by atoms with Crippen LogP contribution in [-0.4, -0.2) is 13.1 Å². The SMILES string of the molecule is CCC[N+]1([O-])CCc2ccccc2Oc2c(Cl)cc(Cl)cc21. The summed E-state index contributed by atoms with van der Waals surface area (Å²) < 4.78 is 5.53. The van der Waals surface area contributed by atoms with Gasteiger partial charge in [-0.25, -0.2) is 0 Å². The number of hydroxylamine groups is 2. The molecule has 0 aromatic heterocycles. The number of fused-ring (bicyclic) bond motifs is 2. The highest BCUT2D eigenvalue weighted by Crippen LogP contribution is 2.45. The first kappa shape index (κ1) is 15.6. The number of quaternary nitrogens is 1. The van der Waals surface area contributed by atoms with E-state index in [2.05, 4.69) is 0 Å². The Morgan fingerprint density at radius 3 is 2.77 bits per heavy atom. The smallest absolute Gasteiger partial charge is 0.206 e. The lowest BCUT2D eigenvalue weighted by Crippen LogP contribution is -2.46. The molecule has 3 rings (SSSR count). The Morgan fingerprint density at radius 1 is 1.23 bits per heavy atom. The second-order valence-electron chi connectivity index (χ2n) is 5.53. The average Bonchev–Trinajstić information content (AvgIpc) is 2.47. The fraction of sp³-hybridized carbons (Fsp3) is 0.294. The number of benzene rings is 2. The molecular formula is C17H17Cl2NO2. The van der Waals surface area contributed by atoms with Crippen LogP contribution in [0, 0.1) is 5.21 Å². The van der Waals surface area contributed by atoms with Crippen molar-refractivity contribution in [3.63, 3.8) is 0 Å². The van der Waals surface area contributed by atoms with Crippen LogP contribution < -0.4 is 9.38 Å². The topological polar surface area (TPSA) is 32.3 Å². The van der Waals surface area contributed by atoms with Crippen LogP contribution in [0.4, 0.5) is 5.69 Å². The van der Waals surface area contributed by atoms with E-state index in [9.17, 15) is 5.21 Å². The number of hydrogen-bond acceptors (Lipinski definition) is 2. The van der Waals surface area contributed by atoms with E-state index in [4.69, 9.17) is 27.9 Å². The van der Waals surface area contributed by atoms with E-state index in [0.717, 1.165) is 17.7 Å². The first-order chi connectivity index (χ1) is 10.5. The molecule has 116 valence electrons. The third-order valence-corrected chi connectivity index (χ3v) is 4.44. The molecule has 0 aliphatic carbocycles. The molecule has 1 unspecified atom stereocenters. The zero-order valence-electron chi connectivity index (χ0n) is 12.3. The van der Waals surface area contributed by atoms with Gasteiger partial charge >= 0.3 is 0 Å². The van der Waals surface area contributed by atoms with E-state index in [1.54, 1.807) is 12.1 Å². The zero-order chi connectivity index (χ0) is 15.7. The monoisotopic (exact) mass is 337 g/mol. The van der Waals surface area contributed by atoms with Crippen LogP contribution in [0.5, 0.6) is 11.5 Å². The zero-order valence-corrected chi connectivity index (χ0v) is 13.8. The molecule has 1 heterocycles. The van der Waals surface area contributed by atoms with E-state index < -0.39 is 4.65 Å². The van der Waals surface area contributed by atoms with Crippen LogP contribution in [0.15, 0.2) is 36.4 Å². The van der Waals surface area contributed by atoms with Gasteiger partial charge in [0.2, 0.25) is 5.75 Å². The first-order valence-electron chi connectivity index (χ1n) is 7.37. The summed E-state index contributed by atoms with van der Waals surface area (Å²) in [5, 5.41) is 14.2. The Kier molecular flexibility index (Phi) is 4.33. The normalized spacial score (nSPS) is 20.4.